The summed E-state index contributed by atoms with van der Waals surface area (Å²) in [6, 6.07) is 29.8. The maximum absolute atomic E-state index is 14.3. The van der Waals surface area contributed by atoms with Crippen LogP contribution in [-0.4, -0.2) is 41.1 Å². The molecule has 0 spiro atoms. The first-order chi connectivity index (χ1) is 20.0. The zero-order chi connectivity index (χ0) is 28.3. The first-order valence-corrected chi connectivity index (χ1v) is 15.9. The maximum Gasteiger partial charge on any atom is 0.230 e. The minimum absolute atomic E-state index is 0. The van der Waals surface area contributed by atoms with E-state index in [2.05, 4.69) is 77.8 Å². The van der Waals surface area contributed by atoms with Crippen molar-refractivity contribution in [1.29, 1.82) is 0 Å². The Morgan fingerprint density at radius 2 is 1.60 bits per heavy atom. The molecule has 1 heterocycles. The van der Waals surface area contributed by atoms with Crippen molar-refractivity contribution in [2.45, 2.75) is 94.0 Å². The number of piperidine rings is 1. The van der Waals surface area contributed by atoms with Gasteiger partial charge in [-0.2, -0.15) is 0 Å². The van der Waals surface area contributed by atoms with E-state index in [0.29, 0.717) is 17.7 Å². The largest absolute Gasteiger partial charge is 0.508 e. The van der Waals surface area contributed by atoms with Crippen molar-refractivity contribution in [1.82, 2.24) is 10.2 Å². The molecule has 4 atom stereocenters. The number of phenols is 1. The van der Waals surface area contributed by atoms with Crippen molar-refractivity contribution < 1.29 is 9.90 Å². The second-order valence-electron chi connectivity index (χ2n) is 13.2. The summed E-state index contributed by atoms with van der Waals surface area (Å²) in [5.41, 5.74) is 3.33. The van der Waals surface area contributed by atoms with Crippen LogP contribution < -0.4 is 5.32 Å². The third kappa shape index (κ3) is 6.12. The molecular formula is C37H47ClN2O2. The Bertz CT molecular complexity index is 1310. The van der Waals surface area contributed by atoms with E-state index in [-0.39, 0.29) is 29.8 Å². The molecule has 6 rings (SSSR count). The van der Waals surface area contributed by atoms with Gasteiger partial charge < -0.3 is 10.4 Å². The highest BCUT2D eigenvalue weighted by molar-refractivity contribution is 5.88. The monoisotopic (exact) mass is 586 g/mol. The van der Waals surface area contributed by atoms with E-state index in [1.807, 2.05) is 18.2 Å². The number of halogens is 1. The number of carbonyl (C=O) groups is 1. The Kier molecular flexibility index (Phi) is 9.64. The minimum Gasteiger partial charge on any atom is -0.508 e. The fourth-order valence-corrected chi connectivity index (χ4v) is 8.53. The Labute approximate surface area is 258 Å². The van der Waals surface area contributed by atoms with Crippen LogP contribution in [0.1, 0.15) is 81.4 Å². The highest BCUT2D eigenvalue weighted by Gasteiger charge is 2.52. The number of aryl methyl sites for hydroxylation is 1. The Morgan fingerprint density at radius 3 is 2.31 bits per heavy atom. The van der Waals surface area contributed by atoms with Crippen LogP contribution in [0.15, 0.2) is 84.9 Å². The molecule has 0 aromatic heterocycles. The molecule has 1 aliphatic heterocycles. The second-order valence-corrected chi connectivity index (χ2v) is 13.2. The number of nitrogens with zero attached hydrogens (tertiary/aromatic N) is 1. The average Bonchev–Trinajstić information content (AvgIpc) is 3.01. The van der Waals surface area contributed by atoms with Gasteiger partial charge in [-0.1, -0.05) is 99.0 Å². The van der Waals surface area contributed by atoms with Gasteiger partial charge >= 0.3 is 0 Å². The molecule has 1 saturated heterocycles. The summed E-state index contributed by atoms with van der Waals surface area (Å²) in [5.74, 6) is 0.986. The third-order valence-electron chi connectivity index (χ3n) is 10.7. The zero-order valence-corrected chi connectivity index (χ0v) is 25.8. The van der Waals surface area contributed by atoms with Crippen LogP contribution in [-0.2, 0) is 22.0 Å². The number of aromatic hydroxyl groups is 1. The molecule has 4 nitrogen and oxygen atoms in total. The van der Waals surface area contributed by atoms with Gasteiger partial charge in [0, 0.05) is 24.0 Å². The Balaban J connectivity index is 0.00000353. The van der Waals surface area contributed by atoms with E-state index in [1.165, 1.54) is 23.1 Å². The van der Waals surface area contributed by atoms with E-state index in [9.17, 15) is 9.90 Å². The molecule has 224 valence electrons. The van der Waals surface area contributed by atoms with Crippen molar-refractivity contribution >= 4 is 18.3 Å². The number of benzene rings is 3. The predicted octanol–water partition coefficient (Wildman–Crippen LogP) is 7.58. The van der Waals surface area contributed by atoms with Gasteiger partial charge in [0.25, 0.3) is 0 Å². The molecule has 3 aromatic carbocycles. The smallest absolute Gasteiger partial charge is 0.230 e. The molecule has 42 heavy (non-hydrogen) atoms. The molecule has 0 radical (unpaired) electrons. The standard InChI is InChI=1S/C37H46N2O2.ClH/c1-28-27-39(22-12-15-29-13-5-2-6-14-29)33-24-32(25-37(28,26-33)31-18-11-19-34(40)23-31)38-35(41)36(20-9-4-10-21-36)30-16-7-3-8-17-30;/h2-3,5-8,11,13-14,16-19,23,28,32-33,40H,4,9-10,12,15,20-22,24-27H2,1H3,(H,38,41);1H/t28-,32+,33+,37+;/m0./s1. The first kappa shape index (κ1) is 30.6. The minimum atomic E-state index is -0.425. The Hall–Kier alpha value is -2.82. The quantitative estimate of drug-likeness (QED) is 0.286. The van der Waals surface area contributed by atoms with Crippen LogP contribution in [0.4, 0.5) is 0 Å². The van der Waals surface area contributed by atoms with Crippen LogP contribution in [0.5, 0.6) is 5.75 Å². The molecule has 1 amide bonds. The van der Waals surface area contributed by atoms with Crippen molar-refractivity contribution in [3.63, 3.8) is 0 Å². The van der Waals surface area contributed by atoms with Gasteiger partial charge in [-0.05, 0) is 86.2 Å². The number of hydrogen-bond acceptors (Lipinski definition) is 3. The topological polar surface area (TPSA) is 52.6 Å². The molecule has 3 aromatic rings. The summed E-state index contributed by atoms with van der Waals surface area (Å²) < 4.78 is 0. The van der Waals surface area contributed by atoms with Gasteiger partial charge in [-0.25, -0.2) is 0 Å². The van der Waals surface area contributed by atoms with Crippen molar-refractivity contribution in [3.05, 3.63) is 102 Å². The molecule has 5 heteroatoms. The highest BCUT2D eigenvalue weighted by atomic mass is 35.5. The van der Waals surface area contributed by atoms with Crippen LogP contribution in [0.2, 0.25) is 0 Å². The lowest BCUT2D eigenvalue weighted by Gasteiger charge is -2.57. The Morgan fingerprint density at radius 1 is 0.905 bits per heavy atom. The van der Waals surface area contributed by atoms with E-state index in [4.69, 9.17) is 0 Å². The van der Waals surface area contributed by atoms with Gasteiger partial charge in [0.2, 0.25) is 5.91 Å². The molecule has 3 fully saturated rings. The predicted molar refractivity (Wildman–Crippen MR) is 173 cm³/mol. The summed E-state index contributed by atoms with van der Waals surface area (Å²) in [5, 5.41) is 14.1. The first-order valence-electron chi connectivity index (χ1n) is 15.9. The normalized spacial score (nSPS) is 27.0. The third-order valence-corrected chi connectivity index (χ3v) is 10.7. The van der Waals surface area contributed by atoms with Gasteiger partial charge in [-0.3, -0.25) is 9.69 Å². The fraction of sp³-hybridized carbons (Fsp3) is 0.486. The maximum atomic E-state index is 14.3. The number of likely N-dealkylation sites (tertiary alicyclic amines) is 1. The number of amides is 1. The lowest BCUT2D eigenvalue weighted by Crippen LogP contribution is -2.62. The van der Waals surface area contributed by atoms with Crippen molar-refractivity contribution in [3.8, 4) is 5.75 Å². The average molecular weight is 587 g/mol. The lowest BCUT2D eigenvalue weighted by atomic mass is 9.57. The lowest BCUT2D eigenvalue weighted by molar-refractivity contribution is -0.130. The van der Waals surface area contributed by atoms with E-state index >= 15 is 0 Å². The number of nitrogens with one attached hydrogen (secondary N) is 1. The SMILES string of the molecule is C[C@H]1CN(CCCc2ccccc2)[C@@H]2C[C@@H](NC(=O)C3(c4ccccc4)CCCCC3)C[C@@]1(c1cccc(O)c1)C2.Cl. The zero-order valence-electron chi connectivity index (χ0n) is 25.0. The number of carbonyl (C=O) groups excluding carboxylic acids is 1. The molecule has 2 saturated carbocycles. The molecule has 3 aliphatic rings. The van der Waals surface area contributed by atoms with Crippen molar-refractivity contribution in [2.24, 2.45) is 5.92 Å². The van der Waals surface area contributed by atoms with E-state index in [1.54, 1.807) is 6.07 Å². The summed E-state index contributed by atoms with van der Waals surface area (Å²) in [7, 11) is 0. The van der Waals surface area contributed by atoms with Gasteiger partial charge in [0.1, 0.15) is 5.75 Å². The van der Waals surface area contributed by atoms with Gasteiger partial charge in [0.15, 0.2) is 0 Å². The number of fused-ring (bicyclic) bond motifs is 2. The molecular weight excluding hydrogens is 540 g/mol. The van der Waals surface area contributed by atoms with Crippen LogP contribution >= 0.6 is 12.4 Å². The molecule has 2 N–H and O–H groups in total. The molecule has 0 unspecified atom stereocenters. The summed E-state index contributed by atoms with van der Waals surface area (Å²) in [6.45, 7) is 4.53. The van der Waals surface area contributed by atoms with Crippen molar-refractivity contribution in [2.75, 3.05) is 13.1 Å². The van der Waals surface area contributed by atoms with Gasteiger partial charge in [0.05, 0.1) is 5.41 Å². The highest BCUT2D eigenvalue weighted by Crippen LogP contribution is 2.51. The summed E-state index contributed by atoms with van der Waals surface area (Å²) in [4.78, 5) is 17.0. The summed E-state index contributed by atoms with van der Waals surface area (Å²) >= 11 is 0. The number of phenolic OH excluding ortho intramolecular Hbond substituents is 1. The fourth-order valence-electron chi connectivity index (χ4n) is 8.53. The number of rotatable bonds is 8. The van der Waals surface area contributed by atoms with Gasteiger partial charge in [-0.15, -0.1) is 12.4 Å². The van der Waals surface area contributed by atoms with Crippen LogP contribution in [0.3, 0.4) is 0 Å². The molecule has 2 aliphatic carbocycles. The summed E-state index contributed by atoms with van der Waals surface area (Å²) in [6.07, 6.45) is 10.5. The van der Waals surface area contributed by atoms with Crippen LogP contribution in [0, 0.1) is 5.92 Å². The van der Waals surface area contributed by atoms with E-state index in [0.717, 1.165) is 70.9 Å². The number of hydrogen-bond donors (Lipinski definition) is 2. The van der Waals surface area contributed by atoms with Crippen LogP contribution in [0.25, 0.3) is 0 Å². The van der Waals surface area contributed by atoms with E-state index < -0.39 is 5.41 Å². The molecule has 2 bridgehead atoms. The second kappa shape index (κ2) is 13.2.